The van der Waals surface area contributed by atoms with Gasteiger partial charge >= 0.3 is 0 Å². The molecule has 0 fully saturated rings. The maximum absolute atomic E-state index is 13.2. The highest BCUT2D eigenvalue weighted by Crippen LogP contribution is 2.31. The monoisotopic (exact) mass is 231 g/mol. The summed E-state index contributed by atoms with van der Waals surface area (Å²) in [6.45, 7) is 11.1. The van der Waals surface area contributed by atoms with Crippen LogP contribution in [0.2, 0.25) is 0 Å². The van der Waals surface area contributed by atoms with E-state index in [2.05, 4.69) is 0 Å². The van der Waals surface area contributed by atoms with Crippen molar-refractivity contribution in [2.45, 2.75) is 66.5 Å². The maximum atomic E-state index is 13.2. The lowest BCUT2D eigenvalue weighted by molar-refractivity contribution is -0.147. The number of carbonyl (C=O) groups is 1. The van der Waals surface area contributed by atoms with E-state index >= 15 is 0 Å². The van der Waals surface area contributed by atoms with Gasteiger partial charge in [-0.05, 0) is 40.5 Å². The lowest BCUT2D eigenvalue weighted by atomic mass is 9.81. The standard InChI is InChI=1S/C13H26FNO/c1-7-13(8-2,9-14)12(16)15(10(3)4)11(5)6/h10-11H,7-9H2,1-6H3. The fraction of sp³-hybridized carbons (Fsp3) is 0.923. The zero-order valence-electron chi connectivity index (χ0n) is 11.5. The number of hydrogen-bond acceptors (Lipinski definition) is 1. The third-order valence-corrected chi connectivity index (χ3v) is 3.41. The molecule has 3 heteroatoms. The highest BCUT2D eigenvalue weighted by atomic mass is 19.1. The van der Waals surface area contributed by atoms with E-state index in [9.17, 15) is 9.18 Å². The summed E-state index contributed by atoms with van der Waals surface area (Å²) in [5.41, 5.74) is -0.811. The lowest BCUT2D eigenvalue weighted by Gasteiger charge is -2.39. The summed E-state index contributed by atoms with van der Waals surface area (Å²) in [5.74, 6) is -0.0370. The third-order valence-electron chi connectivity index (χ3n) is 3.41. The van der Waals surface area contributed by atoms with Crippen molar-refractivity contribution in [3.63, 3.8) is 0 Å². The predicted molar refractivity (Wildman–Crippen MR) is 66.1 cm³/mol. The molecule has 0 aliphatic heterocycles. The molecule has 0 aliphatic carbocycles. The molecule has 0 unspecified atom stereocenters. The van der Waals surface area contributed by atoms with Gasteiger partial charge in [0.15, 0.2) is 0 Å². The largest absolute Gasteiger partial charge is 0.337 e. The van der Waals surface area contributed by atoms with Crippen molar-refractivity contribution in [1.82, 2.24) is 4.90 Å². The van der Waals surface area contributed by atoms with E-state index in [0.29, 0.717) is 12.8 Å². The van der Waals surface area contributed by atoms with Gasteiger partial charge in [0.05, 0.1) is 5.41 Å². The average Bonchev–Trinajstić information content (AvgIpc) is 2.20. The second-order valence-electron chi connectivity index (χ2n) is 5.02. The van der Waals surface area contributed by atoms with Gasteiger partial charge < -0.3 is 4.90 Å². The number of carbonyl (C=O) groups excluding carboxylic acids is 1. The molecule has 16 heavy (non-hydrogen) atoms. The molecule has 0 spiro atoms. The summed E-state index contributed by atoms with van der Waals surface area (Å²) in [5, 5.41) is 0. The van der Waals surface area contributed by atoms with Crippen LogP contribution in [-0.2, 0) is 4.79 Å². The fourth-order valence-electron chi connectivity index (χ4n) is 2.14. The molecule has 0 aromatic carbocycles. The van der Waals surface area contributed by atoms with Gasteiger partial charge in [0.2, 0.25) is 5.91 Å². The SMILES string of the molecule is CCC(CC)(CF)C(=O)N(C(C)C)C(C)C. The van der Waals surface area contributed by atoms with Crippen molar-refractivity contribution < 1.29 is 9.18 Å². The zero-order chi connectivity index (χ0) is 12.9. The Bertz CT molecular complexity index is 206. The van der Waals surface area contributed by atoms with Crippen LogP contribution in [0.5, 0.6) is 0 Å². The zero-order valence-corrected chi connectivity index (χ0v) is 11.5. The molecule has 0 radical (unpaired) electrons. The Balaban J connectivity index is 5.11. The number of amides is 1. The number of halogens is 1. The highest BCUT2D eigenvalue weighted by molar-refractivity contribution is 5.83. The van der Waals surface area contributed by atoms with Gasteiger partial charge in [-0.1, -0.05) is 13.8 Å². The Kier molecular flexibility index (Phi) is 5.98. The Morgan fingerprint density at radius 2 is 1.50 bits per heavy atom. The minimum Gasteiger partial charge on any atom is -0.337 e. The molecular formula is C13H26FNO. The molecule has 0 rings (SSSR count). The van der Waals surface area contributed by atoms with E-state index in [4.69, 9.17) is 0 Å². The molecule has 0 saturated carbocycles. The summed E-state index contributed by atoms with van der Waals surface area (Å²) in [4.78, 5) is 14.2. The third kappa shape index (κ3) is 2.96. The van der Waals surface area contributed by atoms with Crippen LogP contribution in [0.15, 0.2) is 0 Å². The van der Waals surface area contributed by atoms with Crippen LogP contribution in [0.25, 0.3) is 0 Å². The number of rotatable bonds is 6. The second kappa shape index (κ2) is 6.21. The molecule has 0 bridgehead atoms. The molecule has 0 aromatic rings. The van der Waals surface area contributed by atoms with E-state index in [1.54, 1.807) is 4.90 Å². The molecule has 0 heterocycles. The number of nitrogens with zero attached hydrogens (tertiary/aromatic N) is 1. The lowest BCUT2D eigenvalue weighted by Crippen LogP contribution is -2.50. The number of hydrogen-bond donors (Lipinski definition) is 0. The van der Waals surface area contributed by atoms with E-state index in [1.165, 1.54) is 0 Å². The van der Waals surface area contributed by atoms with Crippen molar-refractivity contribution >= 4 is 5.91 Å². The van der Waals surface area contributed by atoms with Gasteiger partial charge in [-0.15, -0.1) is 0 Å². The van der Waals surface area contributed by atoms with Crippen LogP contribution in [0.1, 0.15) is 54.4 Å². The van der Waals surface area contributed by atoms with Crippen LogP contribution in [0.4, 0.5) is 4.39 Å². The van der Waals surface area contributed by atoms with Gasteiger partial charge in [-0.3, -0.25) is 4.79 Å². The van der Waals surface area contributed by atoms with E-state index in [0.717, 1.165) is 0 Å². The summed E-state index contributed by atoms with van der Waals surface area (Å²) >= 11 is 0. The summed E-state index contributed by atoms with van der Waals surface area (Å²) in [6.07, 6.45) is 1.13. The first-order chi connectivity index (χ1) is 7.36. The van der Waals surface area contributed by atoms with Crippen LogP contribution in [0, 0.1) is 5.41 Å². The van der Waals surface area contributed by atoms with Crippen molar-refractivity contribution in [3.05, 3.63) is 0 Å². The molecule has 1 amide bonds. The number of alkyl halides is 1. The van der Waals surface area contributed by atoms with Gasteiger partial charge in [0, 0.05) is 12.1 Å². The van der Waals surface area contributed by atoms with Crippen molar-refractivity contribution in [1.29, 1.82) is 0 Å². The minimum atomic E-state index is -0.811. The molecule has 0 aromatic heterocycles. The summed E-state index contributed by atoms with van der Waals surface area (Å²) < 4.78 is 13.2. The molecule has 0 aliphatic rings. The van der Waals surface area contributed by atoms with Gasteiger partial charge in [0.1, 0.15) is 6.67 Å². The van der Waals surface area contributed by atoms with Crippen LogP contribution in [0.3, 0.4) is 0 Å². The molecule has 2 nitrogen and oxygen atoms in total. The Morgan fingerprint density at radius 3 is 1.69 bits per heavy atom. The van der Waals surface area contributed by atoms with Crippen LogP contribution in [-0.4, -0.2) is 29.6 Å². The highest BCUT2D eigenvalue weighted by Gasteiger charge is 2.39. The first-order valence-corrected chi connectivity index (χ1v) is 6.25. The smallest absolute Gasteiger partial charge is 0.231 e. The van der Waals surface area contributed by atoms with Crippen molar-refractivity contribution in [3.8, 4) is 0 Å². The second-order valence-corrected chi connectivity index (χ2v) is 5.02. The first kappa shape index (κ1) is 15.4. The average molecular weight is 231 g/mol. The van der Waals surface area contributed by atoms with E-state index < -0.39 is 12.1 Å². The predicted octanol–water partition coefficient (Wildman–Crippen LogP) is 3.41. The van der Waals surface area contributed by atoms with Gasteiger partial charge in [-0.25, -0.2) is 4.39 Å². The van der Waals surface area contributed by atoms with E-state index in [-0.39, 0.29) is 18.0 Å². The molecule has 0 atom stereocenters. The maximum Gasteiger partial charge on any atom is 0.231 e. The molecule has 0 N–H and O–H groups in total. The Labute approximate surface area is 99.2 Å². The van der Waals surface area contributed by atoms with Crippen molar-refractivity contribution in [2.75, 3.05) is 6.67 Å². The fourth-order valence-corrected chi connectivity index (χ4v) is 2.14. The Hall–Kier alpha value is -0.600. The topological polar surface area (TPSA) is 20.3 Å². The van der Waals surface area contributed by atoms with Gasteiger partial charge in [-0.2, -0.15) is 0 Å². The summed E-state index contributed by atoms with van der Waals surface area (Å²) in [7, 11) is 0. The van der Waals surface area contributed by atoms with Crippen molar-refractivity contribution in [2.24, 2.45) is 5.41 Å². The minimum absolute atomic E-state index is 0.0370. The Morgan fingerprint density at radius 1 is 1.12 bits per heavy atom. The quantitative estimate of drug-likeness (QED) is 0.686. The molecule has 96 valence electrons. The van der Waals surface area contributed by atoms with Crippen LogP contribution < -0.4 is 0 Å². The molecule has 0 saturated heterocycles. The van der Waals surface area contributed by atoms with E-state index in [1.807, 2.05) is 41.5 Å². The summed E-state index contributed by atoms with van der Waals surface area (Å²) in [6, 6.07) is 0.244. The molecular weight excluding hydrogens is 205 g/mol. The first-order valence-electron chi connectivity index (χ1n) is 6.25. The normalized spacial score (nSPS) is 12.3. The van der Waals surface area contributed by atoms with Gasteiger partial charge in [0.25, 0.3) is 0 Å². The van der Waals surface area contributed by atoms with Crippen LogP contribution >= 0.6 is 0 Å².